The Hall–Kier alpha value is -3.38. The molecule has 0 aliphatic carbocycles. The summed E-state index contributed by atoms with van der Waals surface area (Å²) in [5.41, 5.74) is 1.62. The van der Waals surface area contributed by atoms with Gasteiger partial charge in [-0.1, -0.05) is 0 Å². The van der Waals surface area contributed by atoms with Gasteiger partial charge in [0.25, 0.3) is 0 Å². The quantitative estimate of drug-likeness (QED) is 0.518. The van der Waals surface area contributed by atoms with E-state index in [0.29, 0.717) is 18.9 Å². The summed E-state index contributed by atoms with van der Waals surface area (Å²) in [6, 6.07) is 13.5. The number of methoxy groups -OCH3 is 1. The van der Waals surface area contributed by atoms with Crippen LogP contribution in [0.1, 0.15) is 0 Å². The molecule has 1 fully saturated rings. The number of hydrogen-bond donors (Lipinski definition) is 0. The molecule has 2 aromatic carbocycles. The molecule has 4 rings (SSSR count). The van der Waals surface area contributed by atoms with Crippen molar-refractivity contribution in [3.8, 4) is 22.8 Å². The van der Waals surface area contributed by atoms with Crippen molar-refractivity contribution >= 4 is 15.8 Å². The number of nitrogens with zero attached hydrogens (tertiary/aromatic N) is 4. The van der Waals surface area contributed by atoms with Crippen LogP contribution < -0.4 is 14.4 Å². The van der Waals surface area contributed by atoms with Crippen molar-refractivity contribution in [2.45, 2.75) is 11.3 Å². The zero-order chi connectivity index (χ0) is 24.3. The van der Waals surface area contributed by atoms with Crippen molar-refractivity contribution in [1.29, 1.82) is 0 Å². The number of piperazine rings is 1. The Bertz CT molecular complexity index is 1230. The number of benzene rings is 2. The SMILES string of the molecule is COc1ccc(-c2cc(N3CCN(S(=O)(=O)c4ccc(OC(F)(F)F)cc4)CC3)ncn2)cc1. The number of aromatic nitrogens is 2. The summed E-state index contributed by atoms with van der Waals surface area (Å²) >= 11 is 0. The molecule has 0 atom stereocenters. The lowest BCUT2D eigenvalue weighted by atomic mass is 10.1. The van der Waals surface area contributed by atoms with Gasteiger partial charge in [-0.05, 0) is 48.5 Å². The molecular formula is C22H21F3N4O4S. The fraction of sp³-hybridized carbons (Fsp3) is 0.273. The van der Waals surface area contributed by atoms with Crippen LogP contribution in [0.5, 0.6) is 11.5 Å². The summed E-state index contributed by atoms with van der Waals surface area (Å²) in [4.78, 5) is 10.5. The van der Waals surface area contributed by atoms with Gasteiger partial charge in [0.2, 0.25) is 10.0 Å². The highest BCUT2D eigenvalue weighted by molar-refractivity contribution is 7.89. The van der Waals surface area contributed by atoms with Crippen LogP contribution in [0.4, 0.5) is 19.0 Å². The van der Waals surface area contributed by atoms with Gasteiger partial charge < -0.3 is 14.4 Å². The third-order valence-electron chi connectivity index (χ3n) is 5.30. The molecule has 180 valence electrons. The van der Waals surface area contributed by atoms with E-state index in [-0.39, 0.29) is 18.0 Å². The molecule has 2 heterocycles. The van der Waals surface area contributed by atoms with Gasteiger partial charge in [0.1, 0.15) is 23.6 Å². The van der Waals surface area contributed by atoms with Crippen LogP contribution in [0.2, 0.25) is 0 Å². The smallest absolute Gasteiger partial charge is 0.497 e. The Morgan fingerprint density at radius 2 is 1.50 bits per heavy atom. The van der Waals surface area contributed by atoms with E-state index >= 15 is 0 Å². The van der Waals surface area contributed by atoms with Crippen molar-refractivity contribution in [3.05, 3.63) is 60.9 Å². The van der Waals surface area contributed by atoms with Crippen LogP contribution in [0, 0.1) is 0 Å². The van der Waals surface area contributed by atoms with E-state index in [1.165, 1.54) is 10.6 Å². The number of alkyl halides is 3. The van der Waals surface area contributed by atoms with Crippen LogP contribution in [0.15, 0.2) is 65.8 Å². The highest BCUT2D eigenvalue weighted by Crippen LogP contribution is 2.27. The third kappa shape index (κ3) is 5.39. The molecule has 0 radical (unpaired) electrons. The molecule has 34 heavy (non-hydrogen) atoms. The molecule has 0 spiro atoms. The molecule has 3 aromatic rings. The Balaban J connectivity index is 1.42. The monoisotopic (exact) mass is 494 g/mol. The number of hydrogen-bond acceptors (Lipinski definition) is 7. The summed E-state index contributed by atoms with van der Waals surface area (Å²) in [6.45, 7) is 1.19. The van der Waals surface area contributed by atoms with E-state index in [4.69, 9.17) is 4.74 Å². The van der Waals surface area contributed by atoms with Crippen molar-refractivity contribution in [2.24, 2.45) is 0 Å². The Labute approximate surface area is 194 Å². The fourth-order valence-electron chi connectivity index (χ4n) is 3.56. The normalized spacial score (nSPS) is 15.2. The molecule has 0 bridgehead atoms. The highest BCUT2D eigenvalue weighted by atomic mass is 32.2. The van der Waals surface area contributed by atoms with Crippen LogP contribution in [-0.2, 0) is 10.0 Å². The Morgan fingerprint density at radius 1 is 0.882 bits per heavy atom. The van der Waals surface area contributed by atoms with Gasteiger partial charge in [0.05, 0.1) is 17.7 Å². The molecule has 0 amide bonds. The lowest BCUT2D eigenvalue weighted by Gasteiger charge is -2.34. The van der Waals surface area contributed by atoms with Gasteiger partial charge in [-0.25, -0.2) is 18.4 Å². The number of anilines is 1. The molecular weight excluding hydrogens is 473 g/mol. The van der Waals surface area contributed by atoms with Crippen molar-refractivity contribution < 1.29 is 31.1 Å². The van der Waals surface area contributed by atoms with Crippen molar-refractivity contribution in [2.75, 3.05) is 38.2 Å². The lowest BCUT2D eigenvalue weighted by molar-refractivity contribution is -0.274. The zero-order valence-electron chi connectivity index (χ0n) is 18.1. The van der Waals surface area contributed by atoms with E-state index < -0.39 is 22.1 Å². The second kappa shape index (κ2) is 9.47. The van der Waals surface area contributed by atoms with E-state index in [1.807, 2.05) is 35.2 Å². The number of halogens is 3. The molecule has 8 nitrogen and oxygen atoms in total. The summed E-state index contributed by atoms with van der Waals surface area (Å²) in [7, 11) is -2.27. The topological polar surface area (TPSA) is 84.9 Å². The molecule has 12 heteroatoms. The minimum atomic E-state index is -4.84. The Kier molecular flexibility index (Phi) is 6.62. The predicted molar refractivity (Wildman–Crippen MR) is 118 cm³/mol. The molecule has 1 saturated heterocycles. The first-order valence-corrected chi connectivity index (χ1v) is 11.7. The van der Waals surface area contributed by atoms with E-state index in [2.05, 4.69) is 14.7 Å². The standard InChI is InChI=1S/C22H21F3N4O4S/c1-32-17-4-2-16(3-5-17)20-14-21(27-15-26-20)28-10-12-29(13-11-28)34(30,31)19-8-6-18(7-9-19)33-22(23,24)25/h2-9,14-15H,10-13H2,1H3. The summed E-state index contributed by atoms with van der Waals surface area (Å²) in [5, 5.41) is 0. The largest absolute Gasteiger partial charge is 0.573 e. The number of rotatable bonds is 6. The second-order valence-corrected chi connectivity index (χ2v) is 9.34. The lowest BCUT2D eigenvalue weighted by Crippen LogP contribution is -2.48. The number of sulfonamides is 1. The second-order valence-electron chi connectivity index (χ2n) is 7.40. The number of ether oxygens (including phenoxy) is 2. The average Bonchev–Trinajstić information content (AvgIpc) is 2.83. The summed E-state index contributed by atoms with van der Waals surface area (Å²) < 4.78 is 73.1. The zero-order valence-corrected chi connectivity index (χ0v) is 18.9. The summed E-state index contributed by atoms with van der Waals surface area (Å²) in [6.07, 6.45) is -3.38. The van der Waals surface area contributed by atoms with Crippen LogP contribution >= 0.6 is 0 Å². The molecule has 0 saturated carbocycles. The minimum absolute atomic E-state index is 0.0979. The predicted octanol–water partition coefficient (Wildman–Crippen LogP) is 3.56. The molecule has 1 aromatic heterocycles. The molecule has 0 N–H and O–H groups in total. The summed E-state index contributed by atoms with van der Waals surface area (Å²) in [5.74, 6) is 0.928. The van der Waals surface area contributed by atoms with Gasteiger partial charge in [0, 0.05) is 37.8 Å². The molecule has 1 aliphatic heterocycles. The first-order valence-electron chi connectivity index (χ1n) is 10.2. The Morgan fingerprint density at radius 3 is 2.09 bits per heavy atom. The van der Waals surface area contributed by atoms with E-state index in [0.717, 1.165) is 41.3 Å². The first-order chi connectivity index (χ1) is 16.2. The molecule has 0 unspecified atom stereocenters. The van der Waals surface area contributed by atoms with Crippen molar-refractivity contribution in [3.63, 3.8) is 0 Å². The van der Waals surface area contributed by atoms with Gasteiger partial charge in [-0.15, -0.1) is 13.2 Å². The fourth-order valence-corrected chi connectivity index (χ4v) is 4.98. The molecule has 1 aliphatic rings. The van der Waals surface area contributed by atoms with E-state index in [9.17, 15) is 21.6 Å². The minimum Gasteiger partial charge on any atom is -0.497 e. The van der Waals surface area contributed by atoms with Crippen LogP contribution in [0.25, 0.3) is 11.3 Å². The van der Waals surface area contributed by atoms with Gasteiger partial charge in [-0.3, -0.25) is 0 Å². The highest BCUT2D eigenvalue weighted by Gasteiger charge is 2.32. The van der Waals surface area contributed by atoms with Crippen LogP contribution in [0.3, 0.4) is 0 Å². The maximum Gasteiger partial charge on any atom is 0.573 e. The van der Waals surface area contributed by atoms with Crippen LogP contribution in [-0.4, -0.2) is 62.3 Å². The third-order valence-corrected chi connectivity index (χ3v) is 7.21. The average molecular weight is 494 g/mol. The first kappa shape index (κ1) is 23.8. The van der Waals surface area contributed by atoms with Crippen molar-refractivity contribution in [1.82, 2.24) is 14.3 Å². The van der Waals surface area contributed by atoms with Gasteiger partial charge in [0.15, 0.2) is 0 Å². The maximum absolute atomic E-state index is 12.9. The van der Waals surface area contributed by atoms with Gasteiger partial charge >= 0.3 is 6.36 Å². The maximum atomic E-state index is 12.9. The van der Waals surface area contributed by atoms with Gasteiger partial charge in [-0.2, -0.15) is 4.31 Å². The van der Waals surface area contributed by atoms with E-state index in [1.54, 1.807) is 7.11 Å².